The quantitative estimate of drug-likeness (QED) is 0.625. The van der Waals surface area contributed by atoms with Crippen molar-refractivity contribution in [3.05, 3.63) is 17.5 Å². The van der Waals surface area contributed by atoms with E-state index in [4.69, 9.17) is 0 Å². The maximum atomic E-state index is 2.39. The molecule has 0 fully saturated rings. The third-order valence-corrected chi connectivity index (χ3v) is 6.48. The summed E-state index contributed by atoms with van der Waals surface area (Å²) in [6.45, 7) is 0. The Labute approximate surface area is 67.6 Å². The molecule has 0 bridgehead atoms. The van der Waals surface area contributed by atoms with Gasteiger partial charge in [-0.25, -0.2) is 0 Å². The van der Waals surface area contributed by atoms with Crippen LogP contribution in [0.15, 0.2) is 21.7 Å². The summed E-state index contributed by atoms with van der Waals surface area (Å²) in [4.78, 5) is 0. The van der Waals surface area contributed by atoms with Crippen molar-refractivity contribution in [2.75, 3.05) is 25.0 Å². The first-order valence-electron chi connectivity index (χ1n) is 3.41. The molecule has 0 spiro atoms. The minimum absolute atomic E-state index is 1.42. The smallest absolute Gasteiger partial charge is 0.0277 e. The lowest BCUT2D eigenvalue weighted by atomic mass is 10.7. The van der Waals surface area contributed by atoms with Crippen LogP contribution in [0, 0.1) is 0 Å². The number of hydrogen-bond acceptors (Lipinski definition) is 1. The van der Waals surface area contributed by atoms with E-state index in [1.54, 1.807) is 4.21 Å². The number of rotatable bonds is 1. The minimum Gasteiger partial charge on any atom is -0.264 e. The molecular formula is C8H16S2. The largest absolute Gasteiger partial charge is 0.264 e. The standard InChI is InChI=1S/C8H16S2/c1-10(2,3,4)8-6-5-7-9-8/h5-7,10H,1-4H3. The zero-order chi connectivity index (χ0) is 7.85. The van der Waals surface area contributed by atoms with Gasteiger partial charge in [0.2, 0.25) is 0 Å². The molecular weight excluding hydrogens is 160 g/mol. The van der Waals surface area contributed by atoms with Crippen LogP contribution in [0.5, 0.6) is 0 Å². The third kappa shape index (κ3) is 1.77. The van der Waals surface area contributed by atoms with Crippen molar-refractivity contribution in [2.24, 2.45) is 0 Å². The summed E-state index contributed by atoms with van der Waals surface area (Å²) in [6.07, 6.45) is 9.55. The van der Waals surface area contributed by atoms with E-state index in [2.05, 4.69) is 42.5 Å². The molecule has 0 amide bonds. The van der Waals surface area contributed by atoms with Crippen molar-refractivity contribution in [1.82, 2.24) is 0 Å². The van der Waals surface area contributed by atoms with Gasteiger partial charge in [-0.2, -0.15) is 0 Å². The van der Waals surface area contributed by atoms with Crippen LogP contribution in [-0.2, 0) is 0 Å². The average molecular weight is 176 g/mol. The van der Waals surface area contributed by atoms with Crippen molar-refractivity contribution in [3.63, 3.8) is 0 Å². The van der Waals surface area contributed by atoms with Crippen molar-refractivity contribution in [1.29, 1.82) is 0 Å². The zero-order valence-corrected chi connectivity index (χ0v) is 8.80. The fourth-order valence-electron chi connectivity index (χ4n) is 0.779. The lowest BCUT2D eigenvalue weighted by molar-refractivity contribution is 1.62. The molecule has 60 valence electrons. The van der Waals surface area contributed by atoms with E-state index in [0.29, 0.717) is 0 Å². The topological polar surface area (TPSA) is 0 Å². The van der Waals surface area contributed by atoms with Gasteiger partial charge in [0.05, 0.1) is 0 Å². The maximum absolute atomic E-state index is 2.39. The SMILES string of the molecule is C[SH](C)(C)(C)c1cccs1. The van der Waals surface area contributed by atoms with Gasteiger partial charge in [-0.15, -0.1) is 11.3 Å². The normalized spacial score (nSPS) is 16.2. The number of hydrogen-bond donors (Lipinski definition) is 1. The zero-order valence-electron chi connectivity index (χ0n) is 7.09. The highest BCUT2D eigenvalue weighted by molar-refractivity contribution is 8.48. The summed E-state index contributed by atoms with van der Waals surface area (Å²) in [5.74, 6) is 0. The summed E-state index contributed by atoms with van der Waals surface area (Å²) in [7, 11) is -1.42. The van der Waals surface area contributed by atoms with Crippen LogP contribution in [0.3, 0.4) is 0 Å². The Morgan fingerprint density at radius 3 is 2.00 bits per heavy atom. The van der Waals surface area contributed by atoms with Crippen molar-refractivity contribution >= 4 is 20.5 Å². The second-order valence-corrected chi connectivity index (χ2v) is 13.4. The van der Waals surface area contributed by atoms with E-state index in [1.807, 2.05) is 11.3 Å². The molecule has 1 aromatic heterocycles. The predicted molar refractivity (Wildman–Crippen MR) is 55.3 cm³/mol. The van der Waals surface area contributed by atoms with Gasteiger partial charge < -0.3 is 0 Å². The molecule has 0 aliphatic carbocycles. The monoisotopic (exact) mass is 176 g/mol. The number of thiophene rings is 1. The highest BCUT2D eigenvalue weighted by Gasteiger charge is 2.21. The Morgan fingerprint density at radius 2 is 1.80 bits per heavy atom. The van der Waals surface area contributed by atoms with Gasteiger partial charge in [0.15, 0.2) is 0 Å². The Bertz CT molecular complexity index is 204. The fraction of sp³-hybridized carbons (Fsp3) is 0.500. The van der Waals surface area contributed by atoms with Crippen LogP contribution in [-0.4, -0.2) is 25.0 Å². The highest BCUT2D eigenvalue weighted by atomic mass is 32.3. The van der Waals surface area contributed by atoms with E-state index in [0.717, 1.165) is 0 Å². The molecule has 0 aliphatic heterocycles. The van der Waals surface area contributed by atoms with Gasteiger partial charge in [0.1, 0.15) is 0 Å². The summed E-state index contributed by atoms with van der Waals surface area (Å²) in [5, 5.41) is 2.16. The minimum atomic E-state index is -1.42. The van der Waals surface area contributed by atoms with E-state index in [1.165, 1.54) is 0 Å². The summed E-state index contributed by atoms with van der Waals surface area (Å²) in [6, 6.07) is 4.39. The first-order chi connectivity index (χ1) is 4.36. The maximum Gasteiger partial charge on any atom is 0.0277 e. The molecule has 1 aromatic rings. The van der Waals surface area contributed by atoms with E-state index < -0.39 is 9.16 Å². The molecule has 0 unspecified atom stereocenters. The van der Waals surface area contributed by atoms with Gasteiger partial charge in [-0.3, -0.25) is 9.16 Å². The Hall–Kier alpha value is 0.0500. The molecule has 2 heteroatoms. The van der Waals surface area contributed by atoms with Crippen molar-refractivity contribution < 1.29 is 0 Å². The van der Waals surface area contributed by atoms with Crippen LogP contribution in [0.1, 0.15) is 0 Å². The van der Waals surface area contributed by atoms with E-state index in [-0.39, 0.29) is 0 Å². The Morgan fingerprint density at radius 1 is 1.20 bits per heavy atom. The second-order valence-electron chi connectivity index (χ2n) is 4.53. The van der Waals surface area contributed by atoms with Gasteiger partial charge in [-0.1, -0.05) is 6.07 Å². The molecule has 0 N–H and O–H groups in total. The van der Waals surface area contributed by atoms with Crippen LogP contribution < -0.4 is 0 Å². The molecule has 0 aliphatic rings. The molecule has 0 aromatic carbocycles. The first-order valence-corrected chi connectivity index (χ1v) is 8.31. The average Bonchev–Trinajstić information content (AvgIpc) is 2.04. The predicted octanol–water partition coefficient (Wildman–Crippen LogP) is 2.70. The van der Waals surface area contributed by atoms with Gasteiger partial charge in [0.25, 0.3) is 0 Å². The highest BCUT2D eigenvalue weighted by Crippen LogP contribution is 2.64. The van der Waals surface area contributed by atoms with E-state index in [9.17, 15) is 0 Å². The Kier molecular flexibility index (Phi) is 1.64. The van der Waals surface area contributed by atoms with Crippen LogP contribution in [0.4, 0.5) is 0 Å². The second kappa shape index (κ2) is 2.02. The van der Waals surface area contributed by atoms with Crippen LogP contribution >= 0.6 is 20.5 Å². The molecule has 1 heterocycles. The molecule has 0 radical (unpaired) electrons. The van der Waals surface area contributed by atoms with Crippen molar-refractivity contribution in [2.45, 2.75) is 4.21 Å². The lowest BCUT2D eigenvalue weighted by Gasteiger charge is -2.46. The van der Waals surface area contributed by atoms with Gasteiger partial charge in [0, 0.05) is 4.21 Å². The van der Waals surface area contributed by atoms with Crippen molar-refractivity contribution in [3.8, 4) is 0 Å². The lowest BCUT2D eigenvalue weighted by Crippen LogP contribution is -2.08. The third-order valence-electron chi connectivity index (χ3n) is 1.39. The molecule has 0 saturated heterocycles. The van der Waals surface area contributed by atoms with Crippen LogP contribution in [0.25, 0.3) is 0 Å². The van der Waals surface area contributed by atoms with Gasteiger partial charge >= 0.3 is 0 Å². The summed E-state index contributed by atoms with van der Waals surface area (Å²) >= 11 is 1.89. The molecule has 1 rings (SSSR count). The molecule has 0 saturated carbocycles. The molecule has 0 nitrogen and oxygen atoms in total. The summed E-state index contributed by atoms with van der Waals surface area (Å²) < 4.78 is 1.58. The number of thiol groups is 1. The first kappa shape index (κ1) is 8.15. The van der Waals surface area contributed by atoms with Gasteiger partial charge in [-0.05, 0) is 36.5 Å². The Balaban J connectivity index is 3.09. The fourth-order valence-corrected chi connectivity index (χ4v) is 3.78. The summed E-state index contributed by atoms with van der Waals surface area (Å²) in [5.41, 5.74) is 0. The molecule has 0 atom stereocenters. The van der Waals surface area contributed by atoms with E-state index >= 15 is 0 Å². The molecule has 10 heavy (non-hydrogen) atoms. The van der Waals surface area contributed by atoms with Crippen LogP contribution in [0.2, 0.25) is 0 Å².